The first-order chi connectivity index (χ1) is 10.5. The number of hydrogen-bond acceptors (Lipinski definition) is 4. The first kappa shape index (κ1) is 15.0. The molecule has 1 aliphatic heterocycles. The highest BCUT2D eigenvalue weighted by atomic mass is 32.1. The molecule has 2 aromatic rings. The van der Waals surface area contributed by atoms with Crippen LogP contribution in [0.1, 0.15) is 22.0 Å². The SMILES string of the molecule is Cc1ccc(CN(C)C(=O)[C@H]2CCc3nn(C)c(=O)n3C2)s1. The smallest absolute Gasteiger partial charge is 0.340 e. The number of aromatic nitrogens is 3. The lowest BCUT2D eigenvalue weighted by Crippen LogP contribution is -2.39. The molecular weight excluding hydrogens is 300 g/mol. The molecule has 7 heteroatoms. The number of fused-ring (bicyclic) bond motifs is 1. The van der Waals surface area contributed by atoms with Crippen molar-refractivity contribution < 1.29 is 4.79 Å². The molecule has 0 saturated heterocycles. The maximum Gasteiger partial charge on any atom is 0.345 e. The number of thiophene rings is 1. The minimum absolute atomic E-state index is 0.104. The lowest BCUT2D eigenvalue weighted by Gasteiger charge is -2.26. The van der Waals surface area contributed by atoms with E-state index in [0.29, 0.717) is 19.5 Å². The Morgan fingerprint density at radius 1 is 1.50 bits per heavy atom. The summed E-state index contributed by atoms with van der Waals surface area (Å²) in [4.78, 5) is 28.8. The third-order valence-electron chi connectivity index (χ3n) is 4.12. The second kappa shape index (κ2) is 5.72. The van der Waals surface area contributed by atoms with E-state index in [9.17, 15) is 9.59 Å². The zero-order chi connectivity index (χ0) is 15.9. The molecule has 0 fully saturated rings. The Morgan fingerprint density at radius 3 is 2.95 bits per heavy atom. The van der Waals surface area contributed by atoms with Crippen molar-refractivity contribution >= 4 is 17.2 Å². The van der Waals surface area contributed by atoms with Crippen LogP contribution < -0.4 is 5.69 Å². The van der Waals surface area contributed by atoms with Crippen LogP contribution in [-0.4, -0.2) is 32.2 Å². The molecule has 1 amide bonds. The van der Waals surface area contributed by atoms with Crippen LogP contribution in [0.4, 0.5) is 0 Å². The molecule has 0 N–H and O–H groups in total. The van der Waals surface area contributed by atoms with Gasteiger partial charge in [0.05, 0.1) is 12.5 Å². The largest absolute Gasteiger partial charge is 0.345 e. The normalized spacial score (nSPS) is 17.3. The van der Waals surface area contributed by atoms with E-state index >= 15 is 0 Å². The van der Waals surface area contributed by atoms with Crippen molar-refractivity contribution in [2.75, 3.05) is 7.05 Å². The molecule has 1 atom stereocenters. The maximum atomic E-state index is 12.6. The number of carbonyl (C=O) groups is 1. The number of rotatable bonds is 3. The van der Waals surface area contributed by atoms with Gasteiger partial charge in [0.2, 0.25) is 5.91 Å². The summed E-state index contributed by atoms with van der Waals surface area (Å²) in [5, 5.41) is 4.20. The Balaban J connectivity index is 1.70. The van der Waals surface area contributed by atoms with Gasteiger partial charge in [-0.15, -0.1) is 11.3 Å². The summed E-state index contributed by atoms with van der Waals surface area (Å²) >= 11 is 1.71. The van der Waals surface area contributed by atoms with Crippen LogP contribution in [0.25, 0.3) is 0 Å². The standard InChI is InChI=1S/C15H20N4O2S/c1-10-4-6-12(22-10)9-17(2)14(20)11-5-7-13-16-18(3)15(21)19(13)8-11/h4,6,11H,5,7-9H2,1-3H3/t11-/m0/s1. The fourth-order valence-electron chi connectivity index (χ4n) is 2.93. The minimum Gasteiger partial charge on any atom is -0.340 e. The van der Waals surface area contributed by atoms with Crippen LogP contribution >= 0.6 is 11.3 Å². The van der Waals surface area contributed by atoms with E-state index in [4.69, 9.17) is 0 Å². The van der Waals surface area contributed by atoms with Gasteiger partial charge in [-0.3, -0.25) is 9.36 Å². The average Bonchev–Trinajstić information content (AvgIpc) is 3.02. The Labute approximate surface area is 133 Å². The second-order valence-electron chi connectivity index (χ2n) is 5.88. The molecule has 1 aliphatic rings. The minimum atomic E-state index is -0.138. The van der Waals surface area contributed by atoms with E-state index in [2.05, 4.69) is 24.2 Å². The van der Waals surface area contributed by atoms with Gasteiger partial charge in [-0.1, -0.05) is 0 Å². The summed E-state index contributed by atoms with van der Waals surface area (Å²) in [5.41, 5.74) is -0.135. The van der Waals surface area contributed by atoms with E-state index in [-0.39, 0.29) is 17.5 Å². The second-order valence-corrected chi connectivity index (χ2v) is 7.25. The molecule has 3 rings (SSSR count). The van der Waals surface area contributed by atoms with Gasteiger partial charge in [-0.2, -0.15) is 5.10 Å². The molecule has 22 heavy (non-hydrogen) atoms. The molecule has 0 bridgehead atoms. The summed E-state index contributed by atoms with van der Waals surface area (Å²) in [7, 11) is 3.48. The van der Waals surface area contributed by atoms with Crippen molar-refractivity contribution in [1.82, 2.24) is 19.2 Å². The topological polar surface area (TPSA) is 60.1 Å². The number of aryl methyl sites for hydroxylation is 3. The maximum absolute atomic E-state index is 12.6. The van der Waals surface area contributed by atoms with Crippen molar-refractivity contribution in [3.63, 3.8) is 0 Å². The highest BCUT2D eigenvalue weighted by molar-refractivity contribution is 7.11. The lowest BCUT2D eigenvalue weighted by atomic mass is 9.98. The summed E-state index contributed by atoms with van der Waals surface area (Å²) < 4.78 is 2.98. The zero-order valence-electron chi connectivity index (χ0n) is 13.1. The molecular formula is C15H20N4O2S. The molecule has 0 radical (unpaired) electrons. The monoisotopic (exact) mass is 320 g/mol. The summed E-state index contributed by atoms with van der Waals surface area (Å²) in [6, 6.07) is 4.13. The predicted molar refractivity (Wildman–Crippen MR) is 84.8 cm³/mol. The van der Waals surface area contributed by atoms with E-state index < -0.39 is 0 Å². The van der Waals surface area contributed by atoms with Gasteiger partial charge < -0.3 is 4.90 Å². The zero-order valence-corrected chi connectivity index (χ0v) is 13.9. The van der Waals surface area contributed by atoms with E-state index in [1.165, 1.54) is 14.4 Å². The first-order valence-electron chi connectivity index (χ1n) is 7.38. The molecule has 0 unspecified atom stereocenters. The third kappa shape index (κ3) is 2.72. The Morgan fingerprint density at radius 2 is 2.27 bits per heavy atom. The molecule has 118 valence electrons. The van der Waals surface area contributed by atoms with E-state index in [1.54, 1.807) is 27.9 Å². The summed E-state index contributed by atoms with van der Waals surface area (Å²) in [6.45, 7) is 3.13. The number of hydrogen-bond donors (Lipinski definition) is 0. The molecule has 6 nitrogen and oxygen atoms in total. The van der Waals surface area contributed by atoms with Gasteiger partial charge in [0.1, 0.15) is 5.82 Å². The molecule has 0 saturated carbocycles. The quantitative estimate of drug-likeness (QED) is 0.853. The highest BCUT2D eigenvalue weighted by Gasteiger charge is 2.29. The van der Waals surface area contributed by atoms with Crippen LogP contribution in [0.15, 0.2) is 16.9 Å². The fourth-order valence-corrected chi connectivity index (χ4v) is 3.88. The number of amides is 1. The van der Waals surface area contributed by atoms with Gasteiger partial charge in [-0.25, -0.2) is 9.48 Å². The van der Waals surface area contributed by atoms with Crippen molar-refractivity contribution in [1.29, 1.82) is 0 Å². The van der Waals surface area contributed by atoms with Crippen molar-refractivity contribution in [2.45, 2.75) is 32.9 Å². The van der Waals surface area contributed by atoms with Gasteiger partial charge in [0, 0.05) is 36.8 Å². The predicted octanol–water partition coefficient (Wildman–Crippen LogP) is 1.17. The third-order valence-corrected chi connectivity index (χ3v) is 5.10. The van der Waals surface area contributed by atoms with Crippen molar-refractivity contribution in [3.05, 3.63) is 38.2 Å². The van der Waals surface area contributed by atoms with Gasteiger partial charge >= 0.3 is 5.69 Å². The van der Waals surface area contributed by atoms with Gasteiger partial charge in [-0.05, 0) is 25.5 Å². The molecule has 3 heterocycles. The fraction of sp³-hybridized carbons (Fsp3) is 0.533. The van der Waals surface area contributed by atoms with Gasteiger partial charge in [0.15, 0.2) is 0 Å². The Bertz CT molecular complexity index is 758. The lowest BCUT2D eigenvalue weighted by molar-refractivity contribution is -0.135. The molecule has 0 aliphatic carbocycles. The van der Waals surface area contributed by atoms with Crippen LogP contribution in [0, 0.1) is 12.8 Å². The molecule has 0 aromatic carbocycles. The number of nitrogens with zero attached hydrogens (tertiary/aromatic N) is 4. The Hall–Kier alpha value is -1.89. The molecule has 2 aromatic heterocycles. The van der Waals surface area contributed by atoms with E-state index in [1.807, 2.05) is 7.05 Å². The summed E-state index contributed by atoms with van der Waals surface area (Å²) in [5.74, 6) is 0.751. The van der Waals surface area contributed by atoms with Crippen LogP contribution in [0.5, 0.6) is 0 Å². The Kier molecular flexibility index (Phi) is 3.90. The van der Waals surface area contributed by atoms with Crippen molar-refractivity contribution in [3.8, 4) is 0 Å². The number of carbonyl (C=O) groups excluding carboxylic acids is 1. The van der Waals surface area contributed by atoms with Crippen LogP contribution in [-0.2, 0) is 31.4 Å². The van der Waals surface area contributed by atoms with Gasteiger partial charge in [0.25, 0.3) is 0 Å². The molecule has 0 spiro atoms. The van der Waals surface area contributed by atoms with Crippen molar-refractivity contribution in [2.24, 2.45) is 13.0 Å². The van der Waals surface area contributed by atoms with Crippen LogP contribution in [0.3, 0.4) is 0 Å². The highest BCUT2D eigenvalue weighted by Crippen LogP contribution is 2.21. The first-order valence-corrected chi connectivity index (χ1v) is 8.20. The average molecular weight is 320 g/mol. The van der Waals surface area contributed by atoms with Crippen LogP contribution in [0.2, 0.25) is 0 Å². The summed E-state index contributed by atoms with van der Waals surface area (Å²) in [6.07, 6.45) is 1.43. The van der Waals surface area contributed by atoms with E-state index in [0.717, 1.165) is 12.2 Å².